The molecule has 3 aromatic rings. The summed E-state index contributed by atoms with van der Waals surface area (Å²) in [6, 6.07) is 7.86. The Morgan fingerprint density at radius 1 is 0.300 bits per heavy atom. The molecular weight excluding hydrogens is 737 g/mol. The van der Waals surface area contributed by atoms with E-state index in [1.165, 1.54) is 33.4 Å². The highest BCUT2D eigenvalue weighted by Gasteiger charge is 2.52. The number of halogens is 1. The number of hydrogen-bond acceptors (Lipinski definition) is 0. The van der Waals surface area contributed by atoms with E-state index < -0.39 is 55.8 Å². The Hall–Kier alpha value is -0.532. The van der Waals surface area contributed by atoms with Crippen LogP contribution in [0, 0.1) is 41.5 Å². The van der Waals surface area contributed by atoms with Crippen LogP contribution >= 0.6 is 11.1 Å². The van der Waals surface area contributed by atoms with Crippen LogP contribution in [0.2, 0.25) is 118 Å². The number of hydrogen-bond donors (Lipinski definition) is 0. The molecule has 0 spiro atoms. The fourth-order valence-electron chi connectivity index (χ4n) is 8.53. The Kier molecular flexibility index (Phi) is 12.0. The van der Waals surface area contributed by atoms with Gasteiger partial charge >= 0.3 is 0 Å². The van der Waals surface area contributed by atoms with Gasteiger partial charge in [-0.1, -0.05) is 167 Å². The van der Waals surface area contributed by atoms with Crippen molar-refractivity contribution in [1.29, 1.82) is 0 Å². The second kappa shape index (κ2) is 13.6. The van der Waals surface area contributed by atoms with Crippen LogP contribution in [-0.4, -0.2) is 55.8 Å². The monoisotopic (exact) mass is 810 g/mol. The van der Waals surface area contributed by atoms with Gasteiger partial charge in [-0.25, -0.2) is 0 Å². The van der Waals surface area contributed by atoms with Crippen LogP contribution in [0.5, 0.6) is 0 Å². The first kappa shape index (κ1) is 43.9. The lowest BCUT2D eigenvalue weighted by atomic mass is 10.1. The number of rotatable bonds is 9. The lowest BCUT2D eigenvalue weighted by Crippen LogP contribution is -2.83. The Bertz CT molecular complexity index is 1600. The molecule has 0 aliphatic rings. The highest BCUT2D eigenvalue weighted by Crippen LogP contribution is 2.25. The van der Waals surface area contributed by atoms with Gasteiger partial charge in [0, 0.05) is 0 Å². The van der Waals surface area contributed by atoms with Crippen LogP contribution in [0.4, 0.5) is 0 Å². The van der Waals surface area contributed by atoms with Crippen molar-refractivity contribution < 1.29 is 0 Å². The summed E-state index contributed by atoms with van der Waals surface area (Å²) in [6.07, 6.45) is 0. The molecule has 0 aromatic heterocycles. The van der Waals surface area contributed by atoms with Crippen molar-refractivity contribution >= 4 is 114 Å². The van der Waals surface area contributed by atoms with Crippen molar-refractivity contribution in [2.24, 2.45) is 0 Å². The highest BCUT2D eigenvalue weighted by atomic mass is 35.6. The summed E-state index contributed by atoms with van der Waals surface area (Å²) in [6.45, 7) is 61.3. The molecule has 50 heavy (non-hydrogen) atoms. The SMILES string of the molecule is Cc1cc([Si](C)(C)C)c([Si](C)(C)C)c([Si](Cl)(c2c(C)c(C)cc([Si](C)(C)C)c2[Si](C)(C)C)c2c(C)c(C)cc([Si](C)(C)C)c2[Si](C)(C)C)c1C. The third kappa shape index (κ3) is 7.96. The van der Waals surface area contributed by atoms with E-state index in [2.05, 4.69) is 178 Å². The second-order valence-corrected chi connectivity index (χ2v) is 56.6. The van der Waals surface area contributed by atoms with Gasteiger partial charge in [-0.05, 0) is 90.5 Å². The van der Waals surface area contributed by atoms with Gasteiger partial charge in [-0.3, -0.25) is 0 Å². The lowest BCUT2D eigenvalue weighted by Gasteiger charge is -2.45. The van der Waals surface area contributed by atoms with Crippen molar-refractivity contribution in [3.05, 3.63) is 51.6 Å². The van der Waals surface area contributed by atoms with Crippen molar-refractivity contribution in [2.45, 2.75) is 159 Å². The first-order chi connectivity index (χ1) is 22.0. The third-order valence-corrected chi connectivity index (χ3v) is 30.5. The molecule has 0 amide bonds. The molecule has 0 radical (unpaired) electrons. The van der Waals surface area contributed by atoms with Crippen molar-refractivity contribution in [3.8, 4) is 0 Å². The van der Waals surface area contributed by atoms with Crippen LogP contribution < -0.4 is 46.7 Å². The summed E-state index contributed by atoms with van der Waals surface area (Å²) in [5.41, 5.74) is 8.73. The van der Waals surface area contributed by atoms with Gasteiger partial charge in [-0.15, -0.1) is 11.1 Å². The average molecular weight is 812 g/mol. The second-order valence-electron chi connectivity index (χ2n) is 22.0. The highest BCUT2D eigenvalue weighted by molar-refractivity contribution is 7.44. The minimum Gasteiger partial charge on any atom is -0.149 e. The van der Waals surface area contributed by atoms with E-state index in [0.717, 1.165) is 0 Å². The van der Waals surface area contributed by atoms with Crippen LogP contribution in [0.15, 0.2) is 18.2 Å². The van der Waals surface area contributed by atoms with E-state index in [-0.39, 0.29) is 0 Å². The maximum absolute atomic E-state index is 9.50. The molecule has 0 unspecified atom stereocenters. The molecule has 0 N–H and O–H groups in total. The predicted octanol–water partition coefficient (Wildman–Crippen LogP) is 8.01. The average Bonchev–Trinajstić information content (AvgIpc) is 2.88. The van der Waals surface area contributed by atoms with E-state index in [4.69, 9.17) is 0 Å². The fraction of sp³-hybridized carbons (Fsp3) is 0.571. The molecule has 0 aliphatic heterocycles. The summed E-state index contributed by atoms with van der Waals surface area (Å²) in [5.74, 6) is 0. The predicted molar refractivity (Wildman–Crippen MR) is 256 cm³/mol. The van der Waals surface area contributed by atoms with Crippen molar-refractivity contribution in [3.63, 3.8) is 0 Å². The molecule has 3 rings (SSSR count). The van der Waals surface area contributed by atoms with Gasteiger partial charge < -0.3 is 0 Å². The molecular formula is C42H75ClSi7. The van der Waals surface area contributed by atoms with Crippen LogP contribution in [0.25, 0.3) is 0 Å². The zero-order valence-electron chi connectivity index (χ0n) is 37.1. The minimum absolute atomic E-state index is 1.44. The molecule has 0 saturated heterocycles. The summed E-state index contributed by atoms with van der Waals surface area (Å²) in [5, 5.41) is 14.9. The molecule has 0 aliphatic carbocycles. The Morgan fingerprint density at radius 2 is 0.480 bits per heavy atom. The largest absolute Gasteiger partial charge is 0.248 e. The molecule has 0 nitrogen and oxygen atoms in total. The van der Waals surface area contributed by atoms with Gasteiger partial charge in [0.25, 0.3) is 0 Å². The van der Waals surface area contributed by atoms with Crippen LogP contribution in [0.1, 0.15) is 33.4 Å². The van der Waals surface area contributed by atoms with E-state index in [9.17, 15) is 11.1 Å². The Balaban J connectivity index is 3.16. The number of benzene rings is 3. The zero-order valence-corrected chi connectivity index (χ0v) is 44.9. The molecule has 278 valence electrons. The van der Waals surface area contributed by atoms with E-state index >= 15 is 0 Å². The molecule has 0 fully saturated rings. The molecule has 0 saturated carbocycles. The quantitative estimate of drug-likeness (QED) is 0.117. The maximum atomic E-state index is 9.50. The number of aryl methyl sites for hydroxylation is 3. The molecule has 0 atom stereocenters. The van der Waals surface area contributed by atoms with Crippen LogP contribution in [0.3, 0.4) is 0 Å². The van der Waals surface area contributed by atoms with E-state index in [0.29, 0.717) is 0 Å². The maximum Gasteiger partial charge on any atom is 0.248 e. The summed E-state index contributed by atoms with van der Waals surface area (Å²) < 4.78 is 0. The Morgan fingerprint density at radius 3 is 0.620 bits per heavy atom. The van der Waals surface area contributed by atoms with E-state index in [1.807, 2.05) is 0 Å². The zero-order chi connectivity index (χ0) is 39.3. The normalized spacial score (nSPS) is 14.1. The molecule has 0 bridgehead atoms. The smallest absolute Gasteiger partial charge is 0.149 e. The summed E-state index contributed by atoms with van der Waals surface area (Å²) in [7, 11) is -14.3. The van der Waals surface area contributed by atoms with Crippen LogP contribution in [-0.2, 0) is 0 Å². The summed E-state index contributed by atoms with van der Waals surface area (Å²) in [4.78, 5) is 0. The fourth-order valence-corrected chi connectivity index (χ4v) is 37.9. The van der Waals surface area contributed by atoms with Crippen molar-refractivity contribution in [2.75, 3.05) is 0 Å². The molecule has 3 aromatic carbocycles. The van der Waals surface area contributed by atoms with Crippen molar-refractivity contribution in [1.82, 2.24) is 0 Å². The van der Waals surface area contributed by atoms with Gasteiger partial charge in [0.2, 0.25) is 7.38 Å². The molecule has 0 heterocycles. The standard InChI is InChI=1S/C42H75ClSi7/c1-28-25-34(44(7,8)9)40(47(16,17)18)37(31(28)4)50(43,38-32(5)29(2)26-35(45(10,11)12)41(38)48(19,20)21)39-33(6)30(3)27-36(46(13,14)15)42(39)49(22,23)24/h25-27H,1-24H3. The van der Waals surface area contributed by atoms with E-state index in [1.54, 1.807) is 46.7 Å². The Labute approximate surface area is 322 Å². The lowest BCUT2D eigenvalue weighted by molar-refractivity contribution is 1.35. The first-order valence-corrected chi connectivity index (χ1v) is 43.2. The topological polar surface area (TPSA) is 0 Å². The molecule has 8 heteroatoms. The van der Waals surface area contributed by atoms with Gasteiger partial charge in [-0.2, -0.15) is 0 Å². The van der Waals surface area contributed by atoms with Gasteiger partial charge in [0.15, 0.2) is 0 Å². The first-order valence-electron chi connectivity index (χ1n) is 19.2. The minimum atomic E-state index is -3.26. The van der Waals surface area contributed by atoms with Gasteiger partial charge in [0.05, 0.1) is 48.4 Å². The summed E-state index contributed by atoms with van der Waals surface area (Å²) >= 11 is 9.50. The third-order valence-electron chi connectivity index (χ3n) is 11.2. The van der Waals surface area contributed by atoms with Gasteiger partial charge in [0.1, 0.15) is 0 Å².